The second-order valence-corrected chi connectivity index (χ2v) is 7.71. The number of nitrogens with one attached hydrogen (secondary N) is 3. The van der Waals surface area contributed by atoms with Crippen LogP contribution >= 0.6 is 35.3 Å². The molecule has 0 atom stereocenters. The van der Waals surface area contributed by atoms with Gasteiger partial charge in [0.15, 0.2) is 5.96 Å². The van der Waals surface area contributed by atoms with Crippen LogP contribution in [0.2, 0.25) is 0 Å². The third-order valence-corrected chi connectivity index (χ3v) is 4.20. The Bertz CT molecular complexity index is 575. The molecule has 1 aromatic heterocycles. The zero-order valence-corrected chi connectivity index (χ0v) is 17.7. The van der Waals surface area contributed by atoms with E-state index in [0.29, 0.717) is 19.5 Å². The van der Waals surface area contributed by atoms with Crippen LogP contribution in [0.15, 0.2) is 10.4 Å². The minimum Gasteiger partial charge on any atom is -0.357 e. The molecule has 23 heavy (non-hydrogen) atoms. The highest BCUT2D eigenvalue weighted by Crippen LogP contribution is 2.07. The Kier molecular flexibility index (Phi) is 11.7. The summed E-state index contributed by atoms with van der Waals surface area (Å²) in [6.07, 6.45) is 2.67. The Labute approximate surface area is 159 Å². The average molecular weight is 475 g/mol. The predicted molar refractivity (Wildman–Crippen MR) is 107 cm³/mol. The molecule has 0 unspecified atom stereocenters. The summed E-state index contributed by atoms with van der Waals surface area (Å²) < 4.78 is 24.3. The number of guanidine groups is 1. The van der Waals surface area contributed by atoms with E-state index >= 15 is 0 Å². The molecule has 0 bridgehead atoms. The molecule has 0 amide bonds. The zero-order chi connectivity index (χ0) is 16.4. The summed E-state index contributed by atoms with van der Waals surface area (Å²) in [5.41, 5.74) is 1.09. The lowest BCUT2D eigenvalue weighted by atomic mass is 10.3. The van der Waals surface area contributed by atoms with E-state index in [1.54, 1.807) is 11.3 Å². The molecule has 0 saturated heterocycles. The van der Waals surface area contributed by atoms with Crippen LogP contribution in [0, 0.1) is 6.92 Å². The first kappa shape index (κ1) is 22.5. The van der Waals surface area contributed by atoms with Crippen LogP contribution in [-0.4, -0.2) is 51.8 Å². The van der Waals surface area contributed by atoms with Gasteiger partial charge < -0.3 is 10.6 Å². The molecular formula is C13H26IN5O2S2. The molecule has 0 aliphatic rings. The molecule has 10 heteroatoms. The summed E-state index contributed by atoms with van der Waals surface area (Å²) in [5.74, 6) is 0.744. The first-order valence-corrected chi connectivity index (χ1v) is 10.1. The third kappa shape index (κ3) is 11.7. The molecule has 0 aromatic carbocycles. The van der Waals surface area contributed by atoms with E-state index in [1.807, 2.05) is 13.8 Å². The molecule has 1 rings (SSSR count). The maximum absolute atomic E-state index is 10.9. The van der Waals surface area contributed by atoms with Crippen LogP contribution in [-0.2, 0) is 16.4 Å². The third-order valence-electron chi connectivity index (χ3n) is 2.65. The van der Waals surface area contributed by atoms with Gasteiger partial charge in [-0.15, -0.1) is 35.3 Å². The fourth-order valence-corrected chi connectivity index (χ4v) is 2.86. The molecule has 7 nitrogen and oxygen atoms in total. The topological polar surface area (TPSA) is 95.5 Å². The van der Waals surface area contributed by atoms with E-state index in [9.17, 15) is 8.42 Å². The van der Waals surface area contributed by atoms with Crippen molar-refractivity contribution >= 4 is 51.3 Å². The van der Waals surface area contributed by atoms with Crippen LogP contribution in [0.3, 0.4) is 0 Å². The van der Waals surface area contributed by atoms with Gasteiger partial charge in [0.2, 0.25) is 10.0 Å². The number of halogens is 1. The average Bonchev–Trinajstić information content (AvgIpc) is 2.82. The van der Waals surface area contributed by atoms with Gasteiger partial charge in [0.25, 0.3) is 0 Å². The van der Waals surface area contributed by atoms with Gasteiger partial charge in [0.1, 0.15) is 0 Å². The van der Waals surface area contributed by atoms with Crippen molar-refractivity contribution in [3.8, 4) is 0 Å². The Morgan fingerprint density at radius 3 is 2.65 bits per heavy atom. The summed E-state index contributed by atoms with van der Waals surface area (Å²) in [4.78, 5) is 8.83. The number of hydrogen-bond acceptors (Lipinski definition) is 5. The smallest absolute Gasteiger partial charge is 0.208 e. The summed E-state index contributed by atoms with van der Waals surface area (Å²) >= 11 is 1.65. The van der Waals surface area contributed by atoms with Gasteiger partial charge in [-0.3, -0.25) is 4.99 Å². The van der Waals surface area contributed by atoms with Crippen LogP contribution in [0.25, 0.3) is 0 Å². The Hall–Kier alpha value is -0.460. The van der Waals surface area contributed by atoms with Crippen LogP contribution in [0.1, 0.15) is 24.0 Å². The van der Waals surface area contributed by atoms with Gasteiger partial charge in [-0.05, 0) is 20.3 Å². The van der Waals surface area contributed by atoms with Crippen LogP contribution in [0.5, 0.6) is 0 Å². The summed E-state index contributed by atoms with van der Waals surface area (Å²) in [6.45, 7) is 6.51. The molecule has 0 spiro atoms. The van der Waals surface area contributed by atoms with Crippen molar-refractivity contribution < 1.29 is 8.42 Å². The predicted octanol–water partition coefficient (Wildman–Crippen LogP) is 1.11. The number of thiazole rings is 1. The first-order chi connectivity index (χ1) is 10.4. The normalized spacial score (nSPS) is 11.9. The molecule has 0 aliphatic heterocycles. The van der Waals surface area contributed by atoms with Crippen molar-refractivity contribution in [2.24, 2.45) is 4.99 Å². The van der Waals surface area contributed by atoms with Gasteiger partial charge in [0.05, 0.1) is 17.0 Å². The Balaban J connectivity index is 0.00000484. The Morgan fingerprint density at radius 1 is 1.35 bits per heavy atom. The van der Waals surface area contributed by atoms with E-state index in [-0.39, 0.29) is 24.0 Å². The van der Waals surface area contributed by atoms with Crippen molar-refractivity contribution in [1.82, 2.24) is 20.3 Å². The lowest BCUT2D eigenvalue weighted by Gasteiger charge is -2.10. The second-order valence-electron chi connectivity index (χ2n) is 4.82. The number of aromatic nitrogens is 1. The SMILES string of the molecule is CCNC(=NCCCNS(C)(=O)=O)NCCc1csc(C)n1.I. The lowest BCUT2D eigenvalue weighted by Crippen LogP contribution is -2.38. The van der Waals surface area contributed by atoms with E-state index < -0.39 is 10.0 Å². The standard InChI is InChI=1S/C13H25N5O2S2.HI/c1-4-14-13(15-7-5-8-17-22(3,19)20)16-9-6-12-10-21-11(2)18-12;/h10,17H,4-9H2,1-3H3,(H2,14,15,16);1H. The largest absolute Gasteiger partial charge is 0.357 e. The molecule has 0 fully saturated rings. The quantitative estimate of drug-likeness (QED) is 0.215. The zero-order valence-electron chi connectivity index (χ0n) is 13.8. The summed E-state index contributed by atoms with van der Waals surface area (Å²) in [5, 5.41) is 9.56. The number of rotatable bonds is 9. The molecular weight excluding hydrogens is 449 g/mol. The molecule has 0 saturated carbocycles. The summed E-state index contributed by atoms with van der Waals surface area (Å²) in [6, 6.07) is 0. The van der Waals surface area contributed by atoms with Gasteiger partial charge >= 0.3 is 0 Å². The van der Waals surface area contributed by atoms with Crippen molar-refractivity contribution in [2.75, 3.05) is 32.4 Å². The maximum Gasteiger partial charge on any atom is 0.208 e. The number of aliphatic imine (C=N–C) groups is 1. The number of sulfonamides is 1. The summed E-state index contributed by atoms with van der Waals surface area (Å²) in [7, 11) is -3.11. The fraction of sp³-hybridized carbons (Fsp3) is 0.692. The molecule has 134 valence electrons. The van der Waals surface area contributed by atoms with E-state index in [4.69, 9.17) is 0 Å². The minimum absolute atomic E-state index is 0. The van der Waals surface area contributed by atoms with Gasteiger partial charge in [-0.2, -0.15) is 0 Å². The second kappa shape index (κ2) is 12.0. The maximum atomic E-state index is 10.9. The number of aryl methyl sites for hydroxylation is 1. The number of hydrogen-bond donors (Lipinski definition) is 3. The van der Waals surface area contributed by atoms with Gasteiger partial charge in [0, 0.05) is 38.0 Å². The van der Waals surface area contributed by atoms with Gasteiger partial charge in [-0.1, -0.05) is 0 Å². The first-order valence-electron chi connectivity index (χ1n) is 7.28. The van der Waals surface area contributed by atoms with Crippen LogP contribution in [0.4, 0.5) is 0 Å². The van der Waals surface area contributed by atoms with Crippen molar-refractivity contribution in [1.29, 1.82) is 0 Å². The molecule has 0 aliphatic carbocycles. The minimum atomic E-state index is -3.11. The fourth-order valence-electron chi connectivity index (χ4n) is 1.70. The monoisotopic (exact) mass is 475 g/mol. The van der Waals surface area contributed by atoms with Crippen molar-refractivity contribution in [3.05, 3.63) is 16.1 Å². The van der Waals surface area contributed by atoms with E-state index in [0.717, 1.165) is 42.4 Å². The van der Waals surface area contributed by atoms with Crippen molar-refractivity contribution in [2.45, 2.75) is 26.7 Å². The highest BCUT2D eigenvalue weighted by molar-refractivity contribution is 14.0. The van der Waals surface area contributed by atoms with E-state index in [1.165, 1.54) is 0 Å². The van der Waals surface area contributed by atoms with Crippen LogP contribution < -0.4 is 15.4 Å². The highest BCUT2D eigenvalue weighted by Gasteiger charge is 2.01. The highest BCUT2D eigenvalue weighted by atomic mass is 127. The molecule has 1 heterocycles. The van der Waals surface area contributed by atoms with Crippen molar-refractivity contribution in [3.63, 3.8) is 0 Å². The molecule has 0 radical (unpaired) electrons. The molecule has 3 N–H and O–H groups in total. The van der Waals surface area contributed by atoms with E-state index in [2.05, 4.69) is 30.7 Å². The molecule has 1 aromatic rings. The lowest BCUT2D eigenvalue weighted by molar-refractivity contribution is 0.585. The van der Waals surface area contributed by atoms with Gasteiger partial charge in [-0.25, -0.2) is 18.1 Å². The Morgan fingerprint density at radius 2 is 2.09 bits per heavy atom. The number of nitrogens with zero attached hydrogens (tertiary/aromatic N) is 2.